The Balaban J connectivity index is 1.91. The molecule has 1 amide bonds. The van der Waals surface area contributed by atoms with E-state index in [1.54, 1.807) is 11.6 Å². The fraction of sp³-hybridized carbons (Fsp3) is 0.0952. The lowest BCUT2D eigenvalue weighted by Crippen LogP contribution is -2.13. The average molecular weight is 387 g/mol. The number of rotatable bonds is 5. The first-order valence-electron chi connectivity index (χ1n) is 8.70. The number of hydrogen-bond acceptors (Lipinski definition) is 5. The fourth-order valence-corrected chi connectivity index (χ4v) is 2.87. The Morgan fingerprint density at radius 2 is 1.93 bits per heavy atom. The summed E-state index contributed by atoms with van der Waals surface area (Å²) in [5.41, 5.74) is 2.94. The van der Waals surface area contributed by atoms with Gasteiger partial charge >= 0.3 is 0 Å². The van der Waals surface area contributed by atoms with Crippen LogP contribution in [0.5, 0.6) is 0 Å². The number of nitrogens with zero attached hydrogens (tertiary/aromatic N) is 4. The summed E-state index contributed by atoms with van der Waals surface area (Å²) >= 11 is 0. The van der Waals surface area contributed by atoms with Gasteiger partial charge < -0.3 is 5.32 Å². The minimum Gasteiger partial charge on any atom is -0.321 e. The van der Waals surface area contributed by atoms with E-state index in [4.69, 9.17) is 0 Å². The lowest BCUT2D eigenvalue weighted by atomic mass is 10.1. The van der Waals surface area contributed by atoms with Crippen LogP contribution in [-0.4, -0.2) is 20.6 Å². The van der Waals surface area contributed by atoms with Crippen molar-refractivity contribution >= 4 is 23.4 Å². The predicted octanol–water partition coefficient (Wildman–Crippen LogP) is 3.94. The van der Waals surface area contributed by atoms with Gasteiger partial charge in [-0.3, -0.25) is 14.9 Å². The second-order valence-electron chi connectivity index (χ2n) is 6.26. The number of anilines is 1. The van der Waals surface area contributed by atoms with Crippen LogP contribution in [0, 0.1) is 35.3 Å². The fourth-order valence-electron chi connectivity index (χ4n) is 2.87. The molecule has 1 heterocycles. The highest BCUT2D eigenvalue weighted by molar-refractivity contribution is 6.09. The number of carbonyl (C=O) groups excluding carboxylic acids is 1. The Hall–Kier alpha value is -4.25. The van der Waals surface area contributed by atoms with Crippen LogP contribution in [0.1, 0.15) is 17.0 Å². The molecule has 0 radical (unpaired) electrons. The van der Waals surface area contributed by atoms with E-state index in [0.29, 0.717) is 11.3 Å². The van der Waals surface area contributed by atoms with Crippen LogP contribution >= 0.6 is 0 Å². The molecule has 3 aromatic rings. The topological polar surface area (TPSA) is 114 Å². The van der Waals surface area contributed by atoms with E-state index in [1.165, 1.54) is 30.3 Å². The van der Waals surface area contributed by atoms with Crippen LogP contribution in [0.4, 0.5) is 11.4 Å². The number of carbonyl (C=O) groups is 1. The van der Waals surface area contributed by atoms with Crippen LogP contribution < -0.4 is 5.32 Å². The zero-order valence-electron chi connectivity index (χ0n) is 15.8. The number of non-ortho nitro benzene ring substituents is 1. The molecule has 0 aliphatic rings. The number of para-hydroxylation sites is 1. The van der Waals surface area contributed by atoms with Crippen LogP contribution in [0.3, 0.4) is 0 Å². The Bertz CT molecular complexity index is 1160. The monoisotopic (exact) mass is 387 g/mol. The number of nitriles is 1. The smallest absolute Gasteiger partial charge is 0.271 e. The van der Waals surface area contributed by atoms with Gasteiger partial charge in [-0.05, 0) is 38.1 Å². The third kappa shape index (κ3) is 4.20. The van der Waals surface area contributed by atoms with Crippen LogP contribution in [-0.2, 0) is 4.79 Å². The minimum atomic E-state index is -0.653. The van der Waals surface area contributed by atoms with Gasteiger partial charge in [-0.25, -0.2) is 4.68 Å². The molecule has 1 N–H and O–H groups in total. The number of amides is 1. The molecular formula is C21H17N5O3. The van der Waals surface area contributed by atoms with Gasteiger partial charge in [-0.2, -0.15) is 10.4 Å². The minimum absolute atomic E-state index is 0.129. The van der Waals surface area contributed by atoms with Crippen molar-refractivity contribution in [1.29, 1.82) is 5.26 Å². The molecule has 0 spiro atoms. The first-order chi connectivity index (χ1) is 13.9. The van der Waals surface area contributed by atoms with E-state index in [0.717, 1.165) is 11.4 Å². The van der Waals surface area contributed by atoms with Crippen molar-refractivity contribution in [3.8, 4) is 11.8 Å². The van der Waals surface area contributed by atoms with E-state index < -0.39 is 10.8 Å². The van der Waals surface area contributed by atoms with Crippen molar-refractivity contribution in [1.82, 2.24) is 9.78 Å². The van der Waals surface area contributed by atoms with Gasteiger partial charge in [0, 0.05) is 29.1 Å². The number of nitro groups is 1. The summed E-state index contributed by atoms with van der Waals surface area (Å²) in [6.07, 6.45) is 1.48. The summed E-state index contributed by atoms with van der Waals surface area (Å²) in [4.78, 5) is 22.9. The lowest BCUT2D eigenvalue weighted by molar-refractivity contribution is -0.384. The molecule has 0 fully saturated rings. The molecule has 8 heteroatoms. The third-order valence-electron chi connectivity index (χ3n) is 4.32. The van der Waals surface area contributed by atoms with Gasteiger partial charge in [0.1, 0.15) is 11.6 Å². The molecule has 144 valence electrons. The van der Waals surface area contributed by atoms with Crippen molar-refractivity contribution in [2.75, 3.05) is 5.32 Å². The first-order valence-corrected chi connectivity index (χ1v) is 8.70. The summed E-state index contributed by atoms with van der Waals surface area (Å²) in [6.45, 7) is 3.65. The second kappa shape index (κ2) is 8.19. The number of hydrogen-bond donors (Lipinski definition) is 1. The third-order valence-corrected chi connectivity index (χ3v) is 4.32. The van der Waals surface area contributed by atoms with Gasteiger partial charge in [-0.1, -0.05) is 24.3 Å². The summed E-state index contributed by atoms with van der Waals surface area (Å²) < 4.78 is 1.74. The predicted molar refractivity (Wildman–Crippen MR) is 108 cm³/mol. The van der Waals surface area contributed by atoms with Crippen molar-refractivity contribution in [2.45, 2.75) is 13.8 Å². The molecule has 0 aliphatic carbocycles. The maximum Gasteiger partial charge on any atom is 0.271 e. The first kappa shape index (κ1) is 19.5. The molecule has 0 bridgehead atoms. The molecule has 3 rings (SSSR count). The normalized spacial score (nSPS) is 11.0. The van der Waals surface area contributed by atoms with Crippen molar-refractivity contribution < 1.29 is 9.72 Å². The van der Waals surface area contributed by atoms with Crippen molar-refractivity contribution in [3.63, 3.8) is 0 Å². The van der Waals surface area contributed by atoms with Crippen molar-refractivity contribution in [3.05, 3.63) is 87.2 Å². The number of nitro benzene ring substituents is 1. The number of nitrogens with one attached hydrogen (secondary N) is 1. The Labute approximate surface area is 166 Å². The molecule has 2 aromatic carbocycles. The second-order valence-corrected chi connectivity index (χ2v) is 6.26. The quantitative estimate of drug-likeness (QED) is 0.308. The molecule has 0 saturated carbocycles. The van der Waals surface area contributed by atoms with Gasteiger partial charge in [0.15, 0.2) is 0 Å². The molecule has 0 aliphatic heterocycles. The molecule has 8 nitrogen and oxygen atoms in total. The highest BCUT2D eigenvalue weighted by atomic mass is 16.6. The molecular weight excluding hydrogens is 370 g/mol. The van der Waals surface area contributed by atoms with Gasteiger partial charge in [0.25, 0.3) is 11.6 Å². The summed E-state index contributed by atoms with van der Waals surface area (Å²) in [6, 6.07) is 16.9. The molecule has 1 aromatic heterocycles. The van der Waals surface area contributed by atoms with E-state index in [2.05, 4.69) is 10.4 Å². The largest absolute Gasteiger partial charge is 0.321 e. The highest BCUT2D eigenvalue weighted by Gasteiger charge is 2.16. The SMILES string of the molecule is Cc1nn(-c2ccccc2)c(C)c1/C=C(\C#N)C(=O)Nc1cccc([N+](=O)[O-])c1. The van der Waals surface area contributed by atoms with Gasteiger partial charge in [0.05, 0.1) is 16.3 Å². The van der Waals surface area contributed by atoms with Crippen LogP contribution in [0.2, 0.25) is 0 Å². The standard InChI is InChI=1S/C21H17N5O3/c1-14-20(15(2)25(24-14)18-8-4-3-5-9-18)11-16(13-22)21(27)23-17-7-6-10-19(12-17)26(28)29/h3-12H,1-2H3,(H,23,27)/b16-11+. The molecule has 29 heavy (non-hydrogen) atoms. The Morgan fingerprint density at radius 1 is 1.21 bits per heavy atom. The van der Waals surface area contributed by atoms with Crippen LogP contribution in [0.15, 0.2) is 60.2 Å². The van der Waals surface area contributed by atoms with E-state index in [1.807, 2.05) is 43.3 Å². The number of aryl methyl sites for hydroxylation is 1. The zero-order valence-corrected chi connectivity index (χ0v) is 15.8. The summed E-state index contributed by atoms with van der Waals surface area (Å²) in [5, 5.41) is 27.4. The van der Waals surface area contributed by atoms with E-state index >= 15 is 0 Å². The van der Waals surface area contributed by atoms with Crippen molar-refractivity contribution in [2.24, 2.45) is 0 Å². The van der Waals surface area contributed by atoms with Gasteiger partial charge in [-0.15, -0.1) is 0 Å². The number of benzene rings is 2. The Morgan fingerprint density at radius 3 is 2.59 bits per heavy atom. The molecule has 0 unspecified atom stereocenters. The van der Waals surface area contributed by atoms with E-state index in [-0.39, 0.29) is 16.9 Å². The lowest BCUT2D eigenvalue weighted by Gasteiger charge is -2.05. The number of aromatic nitrogens is 2. The Kier molecular flexibility index (Phi) is 5.51. The highest BCUT2D eigenvalue weighted by Crippen LogP contribution is 2.22. The molecule has 0 atom stereocenters. The maximum atomic E-state index is 12.5. The van der Waals surface area contributed by atoms with Crippen LogP contribution in [0.25, 0.3) is 11.8 Å². The zero-order chi connectivity index (χ0) is 21.0. The summed E-state index contributed by atoms with van der Waals surface area (Å²) in [5.74, 6) is -0.653. The van der Waals surface area contributed by atoms with E-state index in [9.17, 15) is 20.2 Å². The maximum absolute atomic E-state index is 12.5. The average Bonchev–Trinajstić information content (AvgIpc) is 3.00. The summed E-state index contributed by atoms with van der Waals surface area (Å²) in [7, 11) is 0. The molecule has 0 saturated heterocycles. The van der Waals surface area contributed by atoms with Gasteiger partial charge in [0.2, 0.25) is 0 Å².